The summed E-state index contributed by atoms with van der Waals surface area (Å²) in [6.45, 7) is 1.24. The van der Waals surface area contributed by atoms with Gasteiger partial charge in [0.25, 0.3) is 6.29 Å². The smallest absolute Gasteiger partial charge is 0.420 e. The predicted molar refractivity (Wildman–Crippen MR) is 54.5 cm³/mol. The molecular weight excluding hydrogens is 228 g/mol. The summed E-state index contributed by atoms with van der Waals surface area (Å²) in [6.07, 6.45) is -1.07. The van der Waals surface area contributed by atoms with Crippen LogP contribution in [0.4, 0.5) is 0 Å². The van der Waals surface area contributed by atoms with E-state index in [0.29, 0.717) is 17.1 Å². The summed E-state index contributed by atoms with van der Waals surface area (Å²) in [6, 6.07) is 3.01. The summed E-state index contributed by atoms with van der Waals surface area (Å²) >= 11 is 0. The molecule has 1 aromatic rings. The molecule has 0 spiro atoms. The van der Waals surface area contributed by atoms with Crippen molar-refractivity contribution < 1.29 is 28.5 Å². The van der Waals surface area contributed by atoms with E-state index in [9.17, 15) is 9.59 Å². The van der Waals surface area contributed by atoms with Gasteiger partial charge in [0.15, 0.2) is 11.5 Å². The molecule has 6 nitrogen and oxygen atoms in total. The van der Waals surface area contributed by atoms with Crippen molar-refractivity contribution in [3.8, 4) is 11.5 Å². The number of ether oxygens (including phenoxy) is 4. The average Bonchev–Trinajstić information content (AvgIpc) is 2.65. The largest absolute Gasteiger partial charge is 0.493 e. The van der Waals surface area contributed by atoms with Crippen LogP contribution < -0.4 is 9.47 Å². The number of methoxy groups -OCH3 is 2. The van der Waals surface area contributed by atoms with Gasteiger partial charge in [-0.3, -0.25) is 0 Å². The van der Waals surface area contributed by atoms with Crippen LogP contribution in [0.2, 0.25) is 0 Å². The number of esters is 1. The van der Waals surface area contributed by atoms with Gasteiger partial charge in [0, 0.05) is 0 Å². The molecule has 1 unspecified atom stereocenters. The van der Waals surface area contributed by atoms with Crippen molar-refractivity contribution in [1.82, 2.24) is 0 Å². The summed E-state index contributed by atoms with van der Waals surface area (Å²) < 4.78 is 19.5. The van der Waals surface area contributed by atoms with Crippen LogP contribution in [-0.2, 0) is 14.3 Å². The zero-order chi connectivity index (χ0) is 12.4. The lowest BCUT2D eigenvalue weighted by Gasteiger charge is -2.10. The van der Waals surface area contributed by atoms with Gasteiger partial charge in [-0.2, -0.15) is 0 Å². The molecule has 89 valence electrons. The Kier molecular flexibility index (Phi) is 2.86. The molecule has 0 saturated heterocycles. The van der Waals surface area contributed by atoms with Gasteiger partial charge in [0.2, 0.25) is 0 Å². The molecule has 2 rings (SSSR count). The lowest BCUT2D eigenvalue weighted by Crippen LogP contribution is -2.02. The zero-order valence-electron chi connectivity index (χ0n) is 9.18. The summed E-state index contributed by atoms with van der Waals surface area (Å²) in [7, 11) is 2.92. The second-order valence-corrected chi connectivity index (χ2v) is 3.23. The third-order valence-corrected chi connectivity index (χ3v) is 2.40. The molecule has 0 aliphatic carbocycles. The third kappa shape index (κ3) is 1.77. The van der Waals surface area contributed by atoms with E-state index in [1.54, 1.807) is 0 Å². The molecule has 1 radical (unpaired) electrons. The Morgan fingerprint density at radius 2 is 1.88 bits per heavy atom. The van der Waals surface area contributed by atoms with Crippen LogP contribution in [0.5, 0.6) is 11.5 Å². The van der Waals surface area contributed by atoms with Gasteiger partial charge < -0.3 is 18.9 Å². The molecule has 1 aromatic carbocycles. The van der Waals surface area contributed by atoms with Gasteiger partial charge in [-0.15, -0.1) is 0 Å². The molecule has 0 saturated carbocycles. The Balaban J connectivity index is 2.50. The van der Waals surface area contributed by atoms with Crippen molar-refractivity contribution in [1.29, 1.82) is 0 Å². The first kappa shape index (κ1) is 11.3. The summed E-state index contributed by atoms with van der Waals surface area (Å²) in [5.41, 5.74) is 0.693. The Morgan fingerprint density at radius 3 is 2.47 bits per heavy atom. The fourth-order valence-electron chi connectivity index (χ4n) is 1.62. The molecule has 0 N–H and O–H groups in total. The van der Waals surface area contributed by atoms with Gasteiger partial charge in [-0.05, 0) is 12.1 Å². The van der Waals surface area contributed by atoms with E-state index in [1.807, 2.05) is 0 Å². The second kappa shape index (κ2) is 4.32. The number of carbonyl (C=O) groups excluding carboxylic acids is 2. The lowest BCUT2D eigenvalue weighted by molar-refractivity contribution is -0.0466. The molecule has 6 heteroatoms. The number of hydrogen-bond acceptors (Lipinski definition) is 6. The normalized spacial score (nSPS) is 17.1. The van der Waals surface area contributed by atoms with Crippen molar-refractivity contribution in [3.05, 3.63) is 23.3 Å². The van der Waals surface area contributed by atoms with Crippen molar-refractivity contribution in [2.75, 3.05) is 14.2 Å². The molecular formula is C11H9O6. The van der Waals surface area contributed by atoms with Crippen LogP contribution >= 0.6 is 0 Å². The number of benzene rings is 1. The minimum Gasteiger partial charge on any atom is -0.493 e. The first-order valence-corrected chi connectivity index (χ1v) is 4.71. The first-order valence-electron chi connectivity index (χ1n) is 4.71. The fourth-order valence-corrected chi connectivity index (χ4v) is 1.62. The highest BCUT2D eigenvalue weighted by Gasteiger charge is 2.34. The highest BCUT2D eigenvalue weighted by atomic mass is 16.7. The number of rotatable bonds is 4. The van der Waals surface area contributed by atoms with Crippen LogP contribution in [0.3, 0.4) is 0 Å². The molecule has 17 heavy (non-hydrogen) atoms. The maximum Gasteiger partial charge on any atom is 0.420 e. The van der Waals surface area contributed by atoms with Crippen LogP contribution in [-0.4, -0.2) is 26.7 Å². The standard InChI is InChI=1S/C11H9O6/c1-14-8-3-6-7(4-9(8)15-2)11(16-5-12)17-10(6)13/h3-4,11H,1-2H3. The van der Waals surface area contributed by atoms with E-state index < -0.39 is 12.3 Å². The van der Waals surface area contributed by atoms with Gasteiger partial charge >= 0.3 is 12.4 Å². The van der Waals surface area contributed by atoms with E-state index >= 15 is 0 Å². The molecule has 1 heterocycles. The van der Waals surface area contributed by atoms with Gasteiger partial charge in [-0.25, -0.2) is 9.59 Å². The van der Waals surface area contributed by atoms with Crippen LogP contribution in [0.15, 0.2) is 12.1 Å². The minimum absolute atomic E-state index is 0.280. The van der Waals surface area contributed by atoms with Crippen molar-refractivity contribution >= 4 is 12.4 Å². The monoisotopic (exact) mass is 237 g/mol. The topological polar surface area (TPSA) is 71.1 Å². The molecule has 0 bridgehead atoms. The van der Waals surface area contributed by atoms with Gasteiger partial charge in [-0.1, -0.05) is 0 Å². The number of fused-ring (bicyclic) bond motifs is 1. The summed E-state index contributed by atoms with van der Waals surface area (Å²) in [4.78, 5) is 21.7. The molecule has 0 aromatic heterocycles. The molecule has 1 atom stereocenters. The van der Waals surface area contributed by atoms with E-state index in [4.69, 9.17) is 14.2 Å². The van der Waals surface area contributed by atoms with Crippen LogP contribution in [0.1, 0.15) is 22.2 Å². The quantitative estimate of drug-likeness (QED) is 0.726. The lowest BCUT2D eigenvalue weighted by atomic mass is 10.1. The average molecular weight is 237 g/mol. The number of carbonyl (C=O) groups is 1. The Morgan fingerprint density at radius 1 is 1.24 bits per heavy atom. The highest BCUT2D eigenvalue weighted by molar-refractivity contribution is 5.94. The zero-order valence-corrected chi connectivity index (χ0v) is 9.18. The highest BCUT2D eigenvalue weighted by Crippen LogP contribution is 2.39. The Labute approximate surface area is 97.0 Å². The van der Waals surface area contributed by atoms with Crippen LogP contribution in [0, 0.1) is 0 Å². The van der Waals surface area contributed by atoms with E-state index in [-0.39, 0.29) is 5.56 Å². The van der Waals surface area contributed by atoms with Gasteiger partial charge in [0.1, 0.15) is 0 Å². The Bertz CT molecular complexity index is 467. The Hall–Kier alpha value is -2.24. The summed E-state index contributed by atoms with van der Waals surface area (Å²) in [5.74, 6) is 0.240. The maximum absolute atomic E-state index is 11.5. The van der Waals surface area contributed by atoms with E-state index in [0.717, 1.165) is 0 Å². The molecule has 1 aliphatic rings. The van der Waals surface area contributed by atoms with Crippen molar-refractivity contribution in [3.63, 3.8) is 0 Å². The molecule has 1 aliphatic heterocycles. The number of hydrogen-bond donors (Lipinski definition) is 0. The predicted octanol–water partition coefficient (Wildman–Crippen LogP) is 0.957. The molecule has 0 amide bonds. The van der Waals surface area contributed by atoms with Crippen molar-refractivity contribution in [2.24, 2.45) is 0 Å². The number of cyclic esters (lactones) is 1. The molecule has 0 fully saturated rings. The second-order valence-electron chi connectivity index (χ2n) is 3.23. The van der Waals surface area contributed by atoms with E-state index in [2.05, 4.69) is 4.74 Å². The first-order chi connectivity index (χ1) is 8.21. The van der Waals surface area contributed by atoms with Crippen molar-refractivity contribution in [2.45, 2.75) is 6.29 Å². The van der Waals surface area contributed by atoms with E-state index in [1.165, 1.54) is 32.8 Å². The van der Waals surface area contributed by atoms with Gasteiger partial charge in [0.05, 0.1) is 25.3 Å². The van der Waals surface area contributed by atoms with Crippen LogP contribution in [0.25, 0.3) is 0 Å². The summed E-state index contributed by atoms with van der Waals surface area (Å²) in [5, 5.41) is 0. The minimum atomic E-state index is -1.07. The maximum atomic E-state index is 11.5. The third-order valence-electron chi connectivity index (χ3n) is 2.40. The fraction of sp³-hybridized carbons (Fsp3) is 0.273. The SMILES string of the molecule is COc1cc2c(cc1OC)C(O[C]=O)OC2=O.